The van der Waals surface area contributed by atoms with Crippen LogP contribution >= 0.6 is 0 Å². The number of hydrogen-bond acceptors (Lipinski definition) is 4. The highest BCUT2D eigenvalue weighted by Gasteiger charge is 2.44. The molecule has 1 aliphatic rings. The van der Waals surface area contributed by atoms with Crippen LogP contribution in [0.5, 0.6) is 0 Å². The molecule has 3 rings (SSSR count). The van der Waals surface area contributed by atoms with Gasteiger partial charge in [0.25, 0.3) is 0 Å². The summed E-state index contributed by atoms with van der Waals surface area (Å²) in [7, 11) is 4.06. The molecule has 1 aromatic heterocycles. The van der Waals surface area contributed by atoms with Gasteiger partial charge in [0.2, 0.25) is 0 Å². The lowest BCUT2D eigenvalue weighted by molar-refractivity contribution is -0.0527. The number of pyridine rings is 1. The SMILES string of the molecule is CN(C)[C@@H]1CN(c2ccccn2)CC[C@]1(O)c1ccccc1. The summed E-state index contributed by atoms with van der Waals surface area (Å²) >= 11 is 0. The van der Waals surface area contributed by atoms with E-state index < -0.39 is 5.60 Å². The first-order valence-electron chi connectivity index (χ1n) is 7.71. The van der Waals surface area contributed by atoms with Crippen molar-refractivity contribution in [3.63, 3.8) is 0 Å². The monoisotopic (exact) mass is 297 g/mol. The fourth-order valence-electron chi connectivity index (χ4n) is 3.33. The van der Waals surface area contributed by atoms with Gasteiger partial charge in [0.1, 0.15) is 11.4 Å². The van der Waals surface area contributed by atoms with E-state index in [-0.39, 0.29) is 6.04 Å². The maximum Gasteiger partial charge on any atom is 0.128 e. The summed E-state index contributed by atoms with van der Waals surface area (Å²) in [5.41, 5.74) is 0.171. The molecule has 0 amide bonds. The summed E-state index contributed by atoms with van der Waals surface area (Å²) < 4.78 is 0. The van der Waals surface area contributed by atoms with Crippen molar-refractivity contribution in [3.05, 3.63) is 60.3 Å². The fourth-order valence-corrected chi connectivity index (χ4v) is 3.33. The number of hydrogen-bond donors (Lipinski definition) is 1. The minimum absolute atomic E-state index is 0.0191. The zero-order valence-electron chi connectivity index (χ0n) is 13.2. The number of aromatic nitrogens is 1. The van der Waals surface area contributed by atoms with Gasteiger partial charge in [-0.15, -0.1) is 0 Å². The summed E-state index contributed by atoms with van der Waals surface area (Å²) in [4.78, 5) is 8.81. The molecule has 0 aliphatic carbocycles. The Morgan fingerprint density at radius 2 is 1.86 bits per heavy atom. The van der Waals surface area contributed by atoms with Crippen molar-refractivity contribution in [2.24, 2.45) is 0 Å². The van der Waals surface area contributed by atoms with Crippen LogP contribution in [0, 0.1) is 0 Å². The van der Waals surface area contributed by atoms with Gasteiger partial charge in [-0.25, -0.2) is 4.98 Å². The van der Waals surface area contributed by atoms with Crippen molar-refractivity contribution in [2.75, 3.05) is 32.1 Å². The van der Waals surface area contributed by atoms with Gasteiger partial charge >= 0.3 is 0 Å². The lowest BCUT2D eigenvalue weighted by Gasteiger charge is -2.48. The number of likely N-dealkylation sites (N-methyl/N-ethyl adjacent to an activating group) is 1. The largest absolute Gasteiger partial charge is 0.383 e. The summed E-state index contributed by atoms with van der Waals surface area (Å²) in [6.45, 7) is 1.56. The average Bonchev–Trinajstić information content (AvgIpc) is 2.56. The maximum atomic E-state index is 11.3. The number of piperidine rings is 1. The molecule has 1 N–H and O–H groups in total. The standard InChI is InChI=1S/C18H23N3O/c1-20(2)16-14-21(17-10-6-7-12-19-17)13-11-18(16,22)15-8-4-3-5-9-15/h3-10,12,16,22H,11,13-14H2,1-2H3/t16-,18+/m1/s1. The predicted molar refractivity (Wildman–Crippen MR) is 88.9 cm³/mol. The van der Waals surface area contributed by atoms with Gasteiger partial charge in [-0.2, -0.15) is 0 Å². The molecule has 4 nitrogen and oxygen atoms in total. The minimum atomic E-state index is -0.823. The first-order chi connectivity index (χ1) is 10.6. The Hall–Kier alpha value is -1.91. The zero-order valence-corrected chi connectivity index (χ0v) is 13.2. The molecule has 4 heteroatoms. The van der Waals surface area contributed by atoms with E-state index >= 15 is 0 Å². The highest BCUT2D eigenvalue weighted by Crippen LogP contribution is 2.36. The van der Waals surface area contributed by atoms with E-state index in [0.29, 0.717) is 6.42 Å². The van der Waals surface area contributed by atoms with E-state index in [4.69, 9.17) is 0 Å². The summed E-state index contributed by atoms with van der Waals surface area (Å²) in [6, 6.07) is 16.0. The first-order valence-corrected chi connectivity index (χ1v) is 7.71. The second kappa shape index (κ2) is 6.07. The number of aliphatic hydroxyl groups is 1. The minimum Gasteiger partial charge on any atom is -0.383 e. The lowest BCUT2D eigenvalue weighted by Crippen LogP contribution is -2.59. The highest BCUT2D eigenvalue weighted by atomic mass is 16.3. The van der Waals surface area contributed by atoms with Crippen molar-refractivity contribution in [1.29, 1.82) is 0 Å². The molecule has 0 unspecified atom stereocenters. The first kappa shape index (κ1) is 15.0. The molecule has 2 aromatic rings. The van der Waals surface area contributed by atoms with Gasteiger partial charge < -0.3 is 14.9 Å². The van der Waals surface area contributed by atoms with Crippen molar-refractivity contribution >= 4 is 5.82 Å². The number of anilines is 1. The summed E-state index contributed by atoms with van der Waals surface area (Å²) in [6.07, 6.45) is 2.51. The smallest absolute Gasteiger partial charge is 0.128 e. The third kappa shape index (κ3) is 2.72. The van der Waals surface area contributed by atoms with Crippen molar-refractivity contribution in [2.45, 2.75) is 18.1 Å². The van der Waals surface area contributed by atoms with Gasteiger partial charge in [-0.3, -0.25) is 0 Å². The van der Waals surface area contributed by atoms with E-state index in [1.165, 1.54) is 0 Å². The maximum absolute atomic E-state index is 11.3. The van der Waals surface area contributed by atoms with Crippen LogP contribution in [0.1, 0.15) is 12.0 Å². The van der Waals surface area contributed by atoms with Crippen molar-refractivity contribution < 1.29 is 5.11 Å². The predicted octanol–water partition coefficient (Wildman–Crippen LogP) is 2.11. The van der Waals surface area contributed by atoms with Crippen LogP contribution in [0.15, 0.2) is 54.7 Å². The topological polar surface area (TPSA) is 39.6 Å². The third-order valence-electron chi connectivity index (χ3n) is 4.58. The Labute approximate surface area is 132 Å². The Kier molecular flexibility index (Phi) is 4.14. The molecule has 1 aliphatic heterocycles. The van der Waals surface area contributed by atoms with Crippen LogP contribution in [-0.4, -0.2) is 48.2 Å². The van der Waals surface area contributed by atoms with Crippen LogP contribution in [-0.2, 0) is 5.60 Å². The number of benzene rings is 1. The molecule has 116 valence electrons. The molecule has 1 aromatic carbocycles. The molecular weight excluding hydrogens is 274 g/mol. The quantitative estimate of drug-likeness (QED) is 0.942. The van der Waals surface area contributed by atoms with E-state index in [0.717, 1.165) is 24.5 Å². The molecule has 0 spiro atoms. The van der Waals surface area contributed by atoms with E-state index in [1.54, 1.807) is 0 Å². The third-order valence-corrected chi connectivity index (χ3v) is 4.58. The molecular formula is C18H23N3O. The number of rotatable bonds is 3. The molecule has 2 heterocycles. The molecule has 1 fully saturated rings. The van der Waals surface area contributed by atoms with E-state index in [1.807, 2.05) is 68.8 Å². The summed E-state index contributed by atoms with van der Waals surface area (Å²) in [5, 5.41) is 11.3. The highest BCUT2D eigenvalue weighted by molar-refractivity contribution is 5.40. The molecule has 2 atom stereocenters. The Balaban J connectivity index is 1.89. The van der Waals surface area contributed by atoms with Gasteiger partial charge in [0.15, 0.2) is 0 Å². The zero-order chi connectivity index (χ0) is 15.6. The van der Waals surface area contributed by atoms with Gasteiger partial charge in [-0.1, -0.05) is 36.4 Å². The fraction of sp³-hybridized carbons (Fsp3) is 0.389. The van der Waals surface area contributed by atoms with Crippen LogP contribution in [0.2, 0.25) is 0 Å². The molecule has 0 bridgehead atoms. The Morgan fingerprint density at radius 3 is 2.50 bits per heavy atom. The van der Waals surface area contributed by atoms with E-state index in [9.17, 15) is 5.11 Å². The molecule has 22 heavy (non-hydrogen) atoms. The Bertz CT molecular complexity index is 602. The van der Waals surface area contributed by atoms with Crippen LogP contribution in [0.4, 0.5) is 5.82 Å². The van der Waals surface area contributed by atoms with Gasteiger partial charge in [0.05, 0.1) is 6.04 Å². The van der Waals surface area contributed by atoms with Gasteiger partial charge in [0, 0.05) is 19.3 Å². The molecule has 0 saturated carbocycles. The lowest BCUT2D eigenvalue weighted by atomic mass is 9.80. The van der Waals surface area contributed by atoms with Crippen molar-refractivity contribution in [3.8, 4) is 0 Å². The average molecular weight is 297 g/mol. The number of nitrogens with zero attached hydrogens (tertiary/aromatic N) is 3. The van der Waals surface area contributed by atoms with Crippen LogP contribution < -0.4 is 4.90 Å². The van der Waals surface area contributed by atoms with Crippen molar-refractivity contribution in [1.82, 2.24) is 9.88 Å². The summed E-state index contributed by atoms with van der Waals surface area (Å²) in [5.74, 6) is 0.976. The van der Waals surface area contributed by atoms with Gasteiger partial charge in [-0.05, 0) is 38.2 Å². The molecule has 0 radical (unpaired) electrons. The molecule has 1 saturated heterocycles. The second-order valence-corrected chi connectivity index (χ2v) is 6.15. The van der Waals surface area contributed by atoms with E-state index in [2.05, 4.69) is 14.8 Å². The second-order valence-electron chi connectivity index (χ2n) is 6.15. The Morgan fingerprint density at radius 1 is 1.14 bits per heavy atom. The van der Waals surface area contributed by atoms with Crippen LogP contribution in [0.25, 0.3) is 0 Å². The van der Waals surface area contributed by atoms with Crippen LogP contribution in [0.3, 0.4) is 0 Å². The normalized spacial score (nSPS) is 25.5.